The van der Waals surface area contributed by atoms with Crippen LogP contribution in [0.5, 0.6) is 0 Å². The molecule has 0 saturated carbocycles. The van der Waals surface area contributed by atoms with E-state index in [1.807, 2.05) is 24.3 Å². The molecule has 2 aromatic carbocycles. The number of benzene rings is 2. The highest BCUT2D eigenvalue weighted by Gasteiger charge is 2.10. The molecular weight excluding hydrogens is 350 g/mol. The smallest absolute Gasteiger partial charge is 0.249 e. The van der Waals surface area contributed by atoms with Gasteiger partial charge in [0.1, 0.15) is 17.3 Å². The van der Waals surface area contributed by atoms with Gasteiger partial charge in [0.15, 0.2) is 5.82 Å². The van der Waals surface area contributed by atoms with Gasteiger partial charge in [-0.15, -0.1) is 5.10 Å². The Morgan fingerprint density at radius 3 is 2.22 bits per heavy atom. The van der Waals surface area contributed by atoms with E-state index in [9.17, 15) is 8.78 Å². The molecule has 2 N–H and O–H groups in total. The van der Waals surface area contributed by atoms with Crippen molar-refractivity contribution in [1.82, 2.24) is 15.2 Å². The normalized spacial score (nSPS) is 10.5. The number of anilines is 5. The van der Waals surface area contributed by atoms with Crippen molar-refractivity contribution < 1.29 is 8.78 Å². The number of aromatic nitrogens is 3. The van der Waals surface area contributed by atoms with Crippen molar-refractivity contribution in [3.63, 3.8) is 0 Å². The molecule has 0 spiro atoms. The van der Waals surface area contributed by atoms with E-state index in [4.69, 9.17) is 0 Å². The summed E-state index contributed by atoms with van der Waals surface area (Å²) in [7, 11) is 0. The molecule has 6 nitrogen and oxygen atoms in total. The highest BCUT2D eigenvalue weighted by atomic mass is 19.1. The number of nitrogens with one attached hydrogen (secondary N) is 2. The minimum atomic E-state index is -0.713. The largest absolute Gasteiger partial charge is 0.372 e. The van der Waals surface area contributed by atoms with E-state index in [2.05, 4.69) is 44.6 Å². The Morgan fingerprint density at radius 1 is 0.926 bits per heavy atom. The first-order chi connectivity index (χ1) is 13.1. The first kappa shape index (κ1) is 18.5. The van der Waals surface area contributed by atoms with Crippen molar-refractivity contribution >= 4 is 28.8 Å². The fourth-order valence-corrected chi connectivity index (χ4v) is 2.64. The van der Waals surface area contributed by atoms with E-state index >= 15 is 0 Å². The van der Waals surface area contributed by atoms with Gasteiger partial charge in [0, 0.05) is 24.5 Å². The molecule has 3 rings (SSSR count). The summed E-state index contributed by atoms with van der Waals surface area (Å²) in [6.07, 6.45) is 1.29. The SMILES string of the molecule is CCN(CC)c1ccc(Nc2nncc(Nc3c(F)cccc3F)n2)cc1. The average Bonchev–Trinajstić information content (AvgIpc) is 2.67. The molecule has 8 heteroatoms. The number of halogens is 2. The van der Waals surface area contributed by atoms with Crippen molar-refractivity contribution in [2.24, 2.45) is 0 Å². The van der Waals surface area contributed by atoms with E-state index in [0.29, 0.717) is 0 Å². The highest BCUT2D eigenvalue weighted by Crippen LogP contribution is 2.23. The minimum absolute atomic E-state index is 0.177. The Morgan fingerprint density at radius 2 is 1.59 bits per heavy atom. The van der Waals surface area contributed by atoms with Crippen LogP contribution in [-0.2, 0) is 0 Å². The minimum Gasteiger partial charge on any atom is -0.372 e. The fraction of sp³-hybridized carbons (Fsp3) is 0.211. The van der Waals surface area contributed by atoms with Crippen LogP contribution >= 0.6 is 0 Å². The quantitative estimate of drug-likeness (QED) is 0.639. The van der Waals surface area contributed by atoms with Crippen LogP contribution in [0.3, 0.4) is 0 Å². The summed E-state index contributed by atoms with van der Waals surface area (Å²) in [5.74, 6) is -1.03. The molecule has 0 saturated heterocycles. The molecule has 1 aromatic heterocycles. The van der Waals surface area contributed by atoms with Crippen LogP contribution in [0, 0.1) is 11.6 Å². The topological polar surface area (TPSA) is 66.0 Å². The molecule has 1 heterocycles. The molecule has 0 aliphatic carbocycles. The second kappa shape index (κ2) is 8.39. The lowest BCUT2D eigenvalue weighted by atomic mass is 10.2. The monoisotopic (exact) mass is 370 g/mol. The Hall–Kier alpha value is -3.29. The summed E-state index contributed by atoms with van der Waals surface area (Å²) in [5, 5.41) is 13.3. The van der Waals surface area contributed by atoms with Crippen LogP contribution in [0.4, 0.5) is 37.6 Å². The molecule has 3 aromatic rings. The number of nitrogens with zero attached hydrogens (tertiary/aromatic N) is 4. The fourth-order valence-electron chi connectivity index (χ4n) is 2.64. The Labute approximate surface area is 156 Å². The van der Waals surface area contributed by atoms with Gasteiger partial charge in [-0.1, -0.05) is 6.07 Å². The lowest BCUT2D eigenvalue weighted by Gasteiger charge is -2.21. The third kappa shape index (κ3) is 4.46. The maximum Gasteiger partial charge on any atom is 0.249 e. The number of para-hydroxylation sites is 1. The number of hydrogen-bond acceptors (Lipinski definition) is 6. The molecule has 0 radical (unpaired) electrons. The molecule has 0 amide bonds. The van der Waals surface area contributed by atoms with Crippen molar-refractivity contribution in [3.8, 4) is 0 Å². The van der Waals surface area contributed by atoms with E-state index in [0.717, 1.165) is 36.6 Å². The Bertz CT molecular complexity index is 877. The second-order valence-corrected chi connectivity index (χ2v) is 5.73. The van der Waals surface area contributed by atoms with Gasteiger partial charge in [-0.3, -0.25) is 0 Å². The van der Waals surface area contributed by atoms with Gasteiger partial charge in [-0.25, -0.2) is 8.78 Å². The lowest BCUT2D eigenvalue weighted by molar-refractivity contribution is 0.590. The van der Waals surface area contributed by atoms with E-state index < -0.39 is 11.6 Å². The molecule has 0 unspecified atom stereocenters. The van der Waals surface area contributed by atoms with Crippen molar-refractivity contribution in [2.45, 2.75) is 13.8 Å². The summed E-state index contributed by atoms with van der Waals surface area (Å²) in [6, 6.07) is 11.4. The average molecular weight is 370 g/mol. The summed E-state index contributed by atoms with van der Waals surface area (Å²) in [4.78, 5) is 6.43. The standard InChI is InChI=1S/C19H20F2N6/c1-3-27(4-2)14-10-8-13(9-11-14)23-19-25-17(12-22-26-19)24-18-15(20)6-5-7-16(18)21/h5-12H,3-4H2,1-2H3,(H2,23,24,25,26). The van der Waals surface area contributed by atoms with Gasteiger partial charge < -0.3 is 15.5 Å². The number of hydrogen-bond donors (Lipinski definition) is 2. The van der Waals surface area contributed by atoms with E-state index in [1.54, 1.807) is 0 Å². The number of rotatable bonds is 7. The molecule has 0 aliphatic rings. The molecule has 27 heavy (non-hydrogen) atoms. The van der Waals surface area contributed by atoms with Gasteiger partial charge in [0.25, 0.3) is 0 Å². The predicted molar refractivity (Wildman–Crippen MR) is 103 cm³/mol. The zero-order valence-electron chi connectivity index (χ0n) is 15.1. The van der Waals surface area contributed by atoms with Crippen molar-refractivity contribution in [3.05, 3.63) is 60.3 Å². The summed E-state index contributed by atoms with van der Waals surface area (Å²) in [5.41, 5.74) is 1.62. The van der Waals surface area contributed by atoms with E-state index in [1.165, 1.54) is 12.3 Å². The molecule has 0 atom stereocenters. The van der Waals surface area contributed by atoms with Crippen LogP contribution in [0.2, 0.25) is 0 Å². The van der Waals surface area contributed by atoms with Crippen LogP contribution in [0.1, 0.15) is 13.8 Å². The molecule has 0 aliphatic heterocycles. The highest BCUT2D eigenvalue weighted by molar-refractivity contribution is 5.61. The van der Waals surface area contributed by atoms with Crippen LogP contribution in [0.25, 0.3) is 0 Å². The van der Waals surface area contributed by atoms with Crippen molar-refractivity contribution in [1.29, 1.82) is 0 Å². The molecule has 0 fully saturated rings. The summed E-state index contributed by atoms with van der Waals surface area (Å²) in [6.45, 7) is 6.06. The Kier molecular flexibility index (Phi) is 5.75. The molecule has 140 valence electrons. The maximum absolute atomic E-state index is 13.8. The molecular formula is C19H20F2N6. The Balaban J connectivity index is 1.74. The third-order valence-electron chi connectivity index (χ3n) is 4.03. The van der Waals surface area contributed by atoms with Crippen LogP contribution < -0.4 is 15.5 Å². The van der Waals surface area contributed by atoms with Crippen molar-refractivity contribution in [2.75, 3.05) is 28.6 Å². The third-order valence-corrected chi connectivity index (χ3v) is 4.03. The first-order valence-corrected chi connectivity index (χ1v) is 8.63. The van der Waals surface area contributed by atoms with Crippen LogP contribution in [-0.4, -0.2) is 28.3 Å². The van der Waals surface area contributed by atoms with Gasteiger partial charge in [-0.05, 0) is 50.2 Å². The van der Waals surface area contributed by atoms with Gasteiger partial charge in [-0.2, -0.15) is 10.1 Å². The second-order valence-electron chi connectivity index (χ2n) is 5.73. The van der Waals surface area contributed by atoms with Gasteiger partial charge in [0.2, 0.25) is 5.95 Å². The van der Waals surface area contributed by atoms with Gasteiger partial charge >= 0.3 is 0 Å². The predicted octanol–water partition coefficient (Wildman–Crippen LogP) is 4.48. The maximum atomic E-state index is 13.8. The lowest BCUT2D eigenvalue weighted by Crippen LogP contribution is -2.21. The molecule has 0 bridgehead atoms. The summed E-state index contributed by atoms with van der Waals surface area (Å²) >= 11 is 0. The van der Waals surface area contributed by atoms with Crippen LogP contribution in [0.15, 0.2) is 48.7 Å². The summed E-state index contributed by atoms with van der Waals surface area (Å²) < 4.78 is 27.5. The first-order valence-electron chi connectivity index (χ1n) is 8.63. The van der Waals surface area contributed by atoms with Gasteiger partial charge in [0.05, 0.1) is 6.20 Å². The van der Waals surface area contributed by atoms with E-state index in [-0.39, 0.29) is 17.5 Å². The zero-order valence-corrected chi connectivity index (χ0v) is 15.1. The zero-order chi connectivity index (χ0) is 19.2.